The van der Waals surface area contributed by atoms with Crippen molar-refractivity contribution in [3.8, 4) is 45.3 Å². The van der Waals surface area contributed by atoms with Gasteiger partial charge in [0.25, 0.3) is 0 Å². The van der Waals surface area contributed by atoms with Crippen LogP contribution in [-0.4, -0.2) is 24.3 Å². The van der Waals surface area contributed by atoms with Gasteiger partial charge >= 0.3 is 0 Å². The number of rotatable bonds is 4. The molecule has 9 aromatic rings. The third kappa shape index (κ3) is 4.25. The van der Waals surface area contributed by atoms with E-state index < -0.39 is 0 Å². The minimum Gasteiger partial charge on any atom is -0.292 e. The molecule has 3 heterocycles. The summed E-state index contributed by atoms with van der Waals surface area (Å²) in [6, 6.07) is 52.2. The van der Waals surface area contributed by atoms with Crippen molar-refractivity contribution in [1.29, 1.82) is 0 Å². The minimum absolute atomic E-state index is 0.635. The van der Waals surface area contributed by atoms with Crippen LogP contribution >= 0.6 is 0 Å². The van der Waals surface area contributed by atoms with Crippen molar-refractivity contribution >= 4 is 38.4 Å². The Morgan fingerprint density at radius 3 is 1.58 bits per heavy atom. The molecule has 45 heavy (non-hydrogen) atoms. The molecule has 3 aromatic heterocycles. The van der Waals surface area contributed by atoms with Crippen LogP contribution in [0, 0.1) is 0 Å². The number of benzene rings is 6. The fourth-order valence-electron chi connectivity index (χ4n) is 6.27. The second kappa shape index (κ2) is 10.2. The number of imidazole rings is 1. The zero-order valence-corrected chi connectivity index (χ0v) is 24.2. The van der Waals surface area contributed by atoms with E-state index in [0.717, 1.165) is 55.4 Å². The van der Waals surface area contributed by atoms with Gasteiger partial charge in [-0.2, -0.15) is 0 Å². The fraction of sp³-hybridized carbons (Fsp3) is 0. The number of hydrogen-bond donors (Lipinski definition) is 0. The van der Waals surface area contributed by atoms with Gasteiger partial charge in [0, 0.05) is 27.5 Å². The lowest BCUT2D eigenvalue weighted by atomic mass is 10.0. The first kappa shape index (κ1) is 25.3. The van der Waals surface area contributed by atoms with Crippen LogP contribution in [0.2, 0.25) is 0 Å². The van der Waals surface area contributed by atoms with Crippen molar-refractivity contribution in [1.82, 2.24) is 24.3 Å². The van der Waals surface area contributed by atoms with Crippen LogP contribution in [0.25, 0.3) is 83.6 Å². The molecular weight excluding hydrogens is 550 g/mol. The van der Waals surface area contributed by atoms with Crippen LogP contribution in [0.3, 0.4) is 0 Å². The van der Waals surface area contributed by atoms with E-state index in [1.54, 1.807) is 0 Å². The molecule has 0 saturated heterocycles. The zero-order valence-electron chi connectivity index (χ0n) is 24.2. The van der Waals surface area contributed by atoms with Gasteiger partial charge in [-0.1, -0.05) is 127 Å². The fourth-order valence-corrected chi connectivity index (χ4v) is 6.27. The van der Waals surface area contributed by atoms with Gasteiger partial charge in [0.2, 0.25) is 0 Å². The van der Waals surface area contributed by atoms with Crippen LogP contribution < -0.4 is 0 Å². The summed E-state index contributed by atoms with van der Waals surface area (Å²) >= 11 is 0. The topological polar surface area (TPSA) is 56.0 Å². The molecule has 0 bridgehead atoms. The Hall–Kier alpha value is -6.20. The van der Waals surface area contributed by atoms with Crippen LogP contribution in [0.5, 0.6) is 0 Å². The summed E-state index contributed by atoms with van der Waals surface area (Å²) in [5, 5.41) is 3.58. The molecule has 0 amide bonds. The van der Waals surface area contributed by atoms with Crippen molar-refractivity contribution in [2.45, 2.75) is 0 Å². The number of nitrogens with zero attached hydrogens (tertiary/aromatic N) is 5. The highest BCUT2D eigenvalue weighted by atomic mass is 15.0. The van der Waals surface area contributed by atoms with E-state index in [1.807, 2.05) is 60.7 Å². The maximum absolute atomic E-state index is 5.18. The number of fused-ring (bicyclic) bond motifs is 8. The molecule has 5 heteroatoms. The largest absolute Gasteiger partial charge is 0.292 e. The molecule has 9 rings (SSSR count). The van der Waals surface area contributed by atoms with Gasteiger partial charge in [-0.15, -0.1) is 0 Å². The Morgan fingerprint density at radius 1 is 0.333 bits per heavy atom. The van der Waals surface area contributed by atoms with E-state index in [2.05, 4.69) is 95.4 Å². The first-order valence-electron chi connectivity index (χ1n) is 15.0. The molecule has 0 N–H and O–H groups in total. The van der Waals surface area contributed by atoms with Crippen molar-refractivity contribution in [3.05, 3.63) is 152 Å². The van der Waals surface area contributed by atoms with E-state index in [4.69, 9.17) is 19.9 Å². The van der Waals surface area contributed by atoms with Gasteiger partial charge in [-0.05, 0) is 40.8 Å². The highest BCUT2D eigenvalue weighted by Crippen LogP contribution is 2.34. The van der Waals surface area contributed by atoms with E-state index in [0.29, 0.717) is 17.5 Å². The Labute approximate surface area is 259 Å². The van der Waals surface area contributed by atoms with E-state index in [-0.39, 0.29) is 0 Å². The van der Waals surface area contributed by atoms with E-state index >= 15 is 0 Å². The maximum Gasteiger partial charge on any atom is 0.164 e. The summed E-state index contributed by atoms with van der Waals surface area (Å²) in [7, 11) is 0. The van der Waals surface area contributed by atoms with E-state index in [1.165, 1.54) is 10.8 Å². The monoisotopic (exact) mass is 575 g/mol. The van der Waals surface area contributed by atoms with Crippen molar-refractivity contribution in [2.75, 3.05) is 0 Å². The number of hydrogen-bond acceptors (Lipinski definition) is 4. The summed E-state index contributed by atoms with van der Waals surface area (Å²) in [5.74, 6) is 1.93. The van der Waals surface area contributed by atoms with Crippen molar-refractivity contribution in [2.24, 2.45) is 0 Å². The van der Waals surface area contributed by atoms with Gasteiger partial charge < -0.3 is 0 Å². The standard InChI is InChI=1S/C40H25N5/c1-3-12-26(13-4-1)37-42-38(27-14-5-2-6-15-27)44-39(43-37)30-17-11-16-28(24-30)29-22-23-36-34(25-29)41-40-33-20-8-7-18-31(33)32-19-9-10-21-35(32)45(36)40/h1-25H. The molecule has 0 radical (unpaired) electrons. The smallest absolute Gasteiger partial charge is 0.164 e. The summed E-state index contributed by atoms with van der Waals surface area (Å²) in [5.41, 5.74) is 9.15. The summed E-state index contributed by atoms with van der Waals surface area (Å²) in [4.78, 5) is 19.9. The molecule has 0 aliphatic heterocycles. The van der Waals surface area contributed by atoms with Crippen LogP contribution in [-0.2, 0) is 0 Å². The predicted octanol–water partition coefficient (Wildman–Crippen LogP) is 9.65. The second-order valence-corrected chi connectivity index (χ2v) is 11.2. The van der Waals surface area contributed by atoms with Crippen LogP contribution in [0.15, 0.2) is 152 Å². The summed E-state index contributed by atoms with van der Waals surface area (Å²) in [6.07, 6.45) is 0. The summed E-state index contributed by atoms with van der Waals surface area (Å²) < 4.78 is 2.29. The van der Waals surface area contributed by atoms with Gasteiger partial charge in [-0.3, -0.25) is 4.40 Å². The van der Waals surface area contributed by atoms with Crippen molar-refractivity contribution in [3.63, 3.8) is 0 Å². The van der Waals surface area contributed by atoms with Crippen LogP contribution in [0.1, 0.15) is 0 Å². The normalized spacial score (nSPS) is 11.6. The molecule has 0 saturated carbocycles. The van der Waals surface area contributed by atoms with E-state index in [9.17, 15) is 0 Å². The predicted molar refractivity (Wildman–Crippen MR) is 183 cm³/mol. The number of aromatic nitrogens is 5. The van der Waals surface area contributed by atoms with Crippen LogP contribution in [0.4, 0.5) is 0 Å². The average Bonchev–Trinajstić information content (AvgIpc) is 3.52. The molecule has 6 aromatic carbocycles. The Balaban J connectivity index is 1.20. The molecule has 0 aliphatic carbocycles. The molecule has 5 nitrogen and oxygen atoms in total. The van der Waals surface area contributed by atoms with Gasteiger partial charge in [0.15, 0.2) is 17.5 Å². The average molecular weight is 576 g/mol. The lowest BCUT2D eigenvalue weighted by Crippen LogP contribution is -2.00. The second-order valence-electron chi connectivity index (χ2n) is 11.2. The highest BCUT2D eigenvalue weighted by molar-refractivity contribution is 6.13. The lowest BCUT2D eigenvalue weighted by Gasteiger charge is -2.10. The first-order chi connectivity index (χ1) is 22.3. The van der Waals surface area contributed by atoms with Gasteiger partial charge in [-0.25, -0.2) is 19.9 Å². The molecule has 0 unspecified atom stereocenters. The highest BCUT2D eigenvalue weighted by Gasteiger charge is 2.15. The maximum atomic E-state index is 5.18. The number of para-hydroxylation sites is 1. The third-order valence-corrected chi connectivity index (χ3v) is 8.41. The molecule has 0 spiro atoms. The molecule has 0 fully saturated rings. The third-order valence-electron chi connectivity index (χ3n) is 8.41. The minimum atomic E-state index is 0.635. The molecule has 210 valence electrons. The Morgan fingerprint density at radius 2 is 0.867 bits per heavy atom. The molecular formula is C40H25N5. The molecule has 0 atom stereocenters. The Bertz CT molecular complexity index is 2480. The first-order valence-corrected chi connectivity index (χ1v) is 15.0. The number of pyridine rings is 1. The Kier molecular flexibility index (Phi) is 5.74. The lowest BCUT2D eigenvalue weighted by molar-refractivity contribution is 1.07. The molecule has 0 aliphatic rings. The SMILES string of the molecule is c1ccc(-c2nc(-c3ccccc3)nc(-c3cccc(-c4ccc5c(c4)nc4c6ccccc6c6ccccc6n54)c3)n2)cc1. The zero-order chi connectivity index (χ0) is 29.7. The quantitative estimate of drug-likeness (QED) is 0.196. The van der Waals surface area contributed by atoms with Gasteiger partial charge in [0.1, 0.15) is 5.65 Å². The summed E-state index contributed by atoms with van der Waals surface area (Å²) in [6.45, 7) is 0. The van der Waals surface area contributed by atoms with Crippen molar-refractivity contribution < 1.29 is 0 Å². The van der Waals surface area contributed by atoms with Gasteiger partial charge in [0.05, 0.1) is 16.6 Å².